The maximum Gasteiger partial charge on any atom is 0.337 e. The lowest BCUT2D eigenvalue weighted by Crippen LogP contribution is -2.59. The fourth-order valence-electron chi connectivity index (χ4n) is 4.57. The van der Waals surface area contributed by atoms with Gasteiger partial charge in [-0.15, -0.1) is 0 Å². The van der Waals surface area contributed by atoms with E-state index in [1.165, 1.54) is 29.0 Å². The van der Waals surface area contributed by atoms with Gasteiger partial charge < -0.3 is 30.7 Å². The lowest BCUT2D eigenvalue weighted by molar-refractivity contribution is -0.137. The first-order valence-electron chi connectivity index (χ1n) is 12.0. The van der Waals surface area contributed by atoms with Gasteiger partial charge in [-0.2, -0.15) is 0 Å². The van der Waals surface area contributed by atoms with Crippen LogP contribution in [-0.4, -0.2) is 92.1 Å². The van der Waals surface area contributed by atoms with Gasteiger partial charge in [0.2, 0.25) is 21.8 Å². The number of esters is 1. The molecule has 1 aromatic rings. The zero-order valence-corrected chi connectivity index (χ0v) is 21.5. The van der Waals surface area contributed by atoms with Crippen molar-refractivity contribution in [2.45, 2.75) is 56.2 Å². The normalized spacial score (nSPS) is 22.8. The first-order valence-corrected chi connectivity index (χ1v) is 13.7. The third-order valence-electron chi connectivity index (χ3n) is 6.39. The van der Waals surface area contributed by atoms with Crippen LogP contribution in [0.3, 0.4) is 0 Å². The molecule has 2 fully saturated rings. The van der Waals surface area contributed by atoms with Crippen LogP contribution in [0.5, 0.6) is 0 Å². The molecule has 2 aliphatic heterocycles. The number of aliphatic hydroxyl groups excluding tert-OH is 1. The molecule has 1 aromatic carbocycles. The Balaban J connectivity index is 1.62. The fourth-order valence-corrected chi connectivity index (χ4v) is 5.92. The van der Waals surface area contributed by atoms with Gasteiger partial charge in [-0.3, -0.25) is 15.0 Å². The van der Waals surface area contributed by atoms with Crippen molar-refractivity contribution in [3.8, 4) is 0 Å². The van der Waals surface area contributed by atoms with Crippen molar-refractivity contribution in [1.29, 1.82) is 5.41 Å². The molecule has 14 heteroatoms. The zero-order valence-electron chi connectivity index (χ0n) is 20.7. The Morgan fingerprint density at radius 2 is 1.97 bits per heavy atom. The standard InChI is InChI=1S/C23H34N6O7S/c1-36-22(33)16-7-4-6-15(12-16)14-37(34,35)27-18-8-2-3-10-28(20(18)31)13-19(30)26-17-9-5-11-29(21(17)32)23(24)25/h4,6-7,12,17-18,21,27,32H,2-3,5,8-11,13-14H2,1H3,(H3,24,25)(H,26,30)/t17-,18-,21?/m0/s1. The molecule has 0 radical (unpaired) electrons. The molecule has 204 valence electrons. The molecule has 2 aliphatic rings. The van der Waals surface area contributed by atoms with Crippen LogP contribution in [0.25, 0.3) is 0 Å². The van der Waals surface area contributed by atoms with Crippen LogP contribution in [0.1, 0.15) is 48.0 Å². The van der Waals surface area contributed by atoms with E-state index in [-0.39, 0.29) is 24.5 Å². The number of ether oxygens (including phenoxy) is 1. The van der Waals surface area contributed by atoms with Gasteiger partial charge in [-0.05, 0) is 49.8 Å². The smallest absolute Gasteiger partial charge is 0.337 e. The first-order chi connectivity index (χ1) is 17.5. The van der Waals surface area contributed by atoms with Gasteiger partial charge >= 0.3 is 5.97 Å². The highest BCUT2D eigenvalue weighted by Crippen LogP contribution is 2.17. The predicted molar refractivity (Wildman–Crippen MR) is 134 cm³/mol. The van der Waals surface area contributed by atoms with Crippen LogP contribution >= 0.6 is 0 Å². The number of amides is 2. The third kappa shape index (κ3) is 7.63. The molecule has 3 atom stereocenters. The molecule has 0 aliphatic carbocycles. The molecule has 37 heavy (non-hydrogen) atoms. The van der Waals surface area contributed by atoms with Crippen molar-refractivity contribution in [2.24, 2.45) is 5.73 Å². The van der Waals surface area contributed by atoms with Crippen LogP contribution in [0.4, 0.5) is 0 Å². The van der Waals surface area contributed by atoms with Gasteiger partial charge in [0.05, 0.1) is 31.0 Å². The summed E-state index contributed by atoms with van der Waals surface area (Å²) in [4.78, 5) is 40.2. The van der Waals surface area contributed by atoms with Crippen LogP contribution in [0.15, 0.2) is 24.3 Å². The number of guanidine groups is 1. The number of methoxy groups -OCH3 is 1. The maximum absolute atomic E-state index is 13.1. The van der Waals surface area contributed by atoms with Gasteiger partial charge in [0.15, 0.2) is 5.96 Å². The number of aliphatic hydroxyl groups is 1. The molecule has 2 heterocycles. The Kier molecular flexibility index (Phi) is 9.45. The highest BCUT2D eigenvalue weighted by atomic mass is 32.2. The number of benzene rings is 1. The van der Waals surface area contributed by atoms with Gasteiger partial charge in [0.1, 0.15) is 12.3 Å². The molecule has 13 nitrogen and oxygen atoms in total. The van der Waals surface area contributed by atoms with E-state index < -0.39 is 51.9 Å². The van der Waals surface area contributed by atoms with Crippen molar-refractivity contribution in [3.05, 3.63) is 35.4 Å². The van der Waals surface area contributed by atoms with Crippen LogP contribution in [0.2, 0.25) is 0 Å². The number of nitrogens with zero attached hydrogens (tertiary/aromatic N) is 2. The number of carbonyl (C=O) groups excluding carboxylic acids is 3. The van der Waals surface area contributed by atoms with E-state index in [4.69, 9.17) is 11.1 Å². The van der Waals surface area contributed by atoms with Crippen molar-refractivity contribution in [1.82, 2.24) is 19.8 Å². The Bertz CT molecular complexity index is 1130. The Hall–Kier alpha value is -3.23. The summed E-state index contributed by atoms with van der Waals surface area (Å²) in [5.41, 5.74) is 6.06. The predicted octanol–water partition coefficient (Wildman–Crippen LogP) is -0.934. The van der Waals surface area contributed by atoms with Gasteiger partial charge in [0, 0.05) is 13.1 Å². The van der Waals surface area contributed by atoms with E-state index in [0.717, 1.165) is 0 Å². The van der Waals surface area contributed by atoms with E-state index >= 15 is 0 Å². The van der Waals surface area contributed by atoms with E-state index in [9.17, 15) is 27.9 Å². The van der Waals surface area contributed by atoms with E-state index in [2.05, 4.69) is 14.8 Å². The summed E-state index contributed by atoms with van der Waals surface area (Å²) in [7, 11) is -2.72. The van der Waals surface area contributed by atoms with Crippen LogP contribution in [-0.2, 0) is 30.1 Å². The molecule has 3 rings (SSSR count). The number of hydrogen-bond donors (Lipinski definition) is 5. The molecule has 6 N–H and O–H groups in total. The summed E-state index contributed by atoms with van der Waals surface area (Å²) in [5.74, 6) is -2.31. The Morgan fingerprint density at radius 3 is 2.68 bits per heavy atom. The summed E-state index contributed by atoms with van der Waals surface area (Å²) in [6, 6.07) is 4.36. The Morgan fingerprint density at radius 1 is 1.22 bits per heavy atom. The van der Waals surface area contributed by atoms with Gasteiger partial charge in [-0.1, -0.05) is 12.1 Å². The topological polar surface area (TPSA) is 195 Å². The summed E-state index contributed by atoms with van der Waals surface area (Å²) >= 11 is 0. The van der Waals surface area contributed by atoms with Crippen molar-refractivity contribution >= 4 is 33.8 Å². The minimum Gasteiger partial charge on any atom is -0.465 e. The number of carbonyl (C=O) groups is 3. The largest absolute Gasteiger partial charge is 0.465 e. The lowest BCUT2D eigenvalue weighted by atomic mass is 10.0. The molecule has 0 saturated carbocycles. The minimum atomic E-state index is -3.95. The van der Waals surface area contributed by atoms with Crippen molar-refractivity contribution in [2.75, 3.05) is 26.7 Å². The number of likely N-dealkylation sites (tertiary alicyclic amines) is 2. The van der Waals surface area contributed by atoms with E-state index in [1.54, 1.807) is 12.1 Å². The second-order valence-electron chi connectivity index (χ2n) is 9.19. The highest BCUT2D eigenvalue weighted by molar-refractivity contribution is 7.88. The average molecular weight is 539 g/mol. The highest BCUT2D eigenvalue weighted by Gasteiger charge is 2.34. The molecule has 2 saturated heterocycles. The molecule has 0 spiro atoms. The van der Waals surface area contributed by atoms with Gasteiger partial charge in [0.25, 0.3) is 0 Å². The molecule has 0 aromatic heterocycles. The fraction of sp³-hybridized carbons (Fsp3) is 0.565. The van der Waals surface area contributed by atoms with Crippen molar-refractivity contribution in [3.63, 3.8) is 0 Å². The first kappa shape index (κ1) is 28.3. The maximum atomic E-state index is 13.1. The summed E-state index contributed by atoms with van der Waals surface area (Å²) < 4.78 is 32.8. The summed E-state index contributed by atoms with van der Waals surface area (Å²) in [6.45, 7) is 0.405. The summed E-state index contributed by atoms with van der Waals surface area (Å²) in [5, 5.41) is 20.7. The number of sulfonamides is 1. The average Bonchev–Trinajstić information content (AvgIpc) is 3.00. The number of rotatable bonds is 8. The lowest BCUT2D eigenvalue weighted by Gasteiger charge is -2.38. The quantitative estimate of drug-likeness (QED) is 0.158. The van der Waals surface area contributed by atoms with Crippen molar-refractivity contribution < 1.29 is 32.6 Å². The second kappa shape index (κ2) is 12.3. The molecule has 0 bridgehead atoms. The number of nitrogens with two attached hydrogens (primary N) is 1. The minimum absolute atomic E-state index is 0.215. The Labute approximate surface area is 215 Å². The SMILES string of the molecule is COC(=O)c1cccc(CS(=O)(=O)N[C@H]2CCCCN(CC(=O)N[C@H]3CCCN(C(=N)N)C3O)C2=O)c1. The number of nitrogens with one attached hydrogen (secondary N) is 3. The van der Waals surface area contributed by atoms with E-state index in [1.807, 2.05) is 0 Å². The monoisotopic (exact) mass is 538 g/mol. The molecular formula is C23H34N6O7S. The van der Waals surface area contributed by atoms with E-state index in [0.29, 0.717) is 44.3 Å². The van der Waals surface area contributed by atoms with Crippen LogP contribution < -0.4 is 15.8 Å². The number of piperidine rings is 1. The molecule has 1 unspecified atom stereocenters. The molecule has 2 amide bonds. The van der Waals surface area contributed by atoms with Crippen LogP contribution in [0, 0.1) is 5.41 Å². The summed E-state index contributed by atoms with van der Waals surface area (Å²) in [6.07, 6.45) is 1.44. The second-order valence-corrected chi connectivity index (χ2v) is 10.9. The number of hydrogen-bond acceptors (Lipinski definition) is 8. The third-order valence-corrected chi connectivity index (χ3v) is 7.75. The zero-order chi connectivity index (χ0) is 27.2. The van der Waals surface area contributed by atoms with Gasteiger partial charge in [-0.25, -0.2) is 17.9 Å². The molecular weight excluding hydrogens is 504 g/mol.